The van der Waals surface area contributed by atoms with E-state index in [9.17, 15) is 13.2 Å². The Morgan fingerprint density at radius 2 is 1.60 bits per heavy atom. The Morgan fingerprint density at radius 1 is 1.05 bits per heavy atom. The highest BCUT2D eigenvalue weighted by Crippen LogP contribution is 2.21. The van der Waals surface area contributed by atoms with Crippen molar-refractivity contribution in [3.63, 3.8) is 0 Å². The molecule has 0 heterocycles. The molecule has 1 rings (SSSR count). The van der Waals surface area contributed by atoms with Gasteiger partial charge in [-0.05, 0) is 19.8 Å². The van der Waals surface area contributed by atoms with Crippen molar-refractivity contribution >= 4 is 8.80 Å². The molecule has 0 aliphatic rings. The lowest BCUT2D eigenvalue weighted by Gasteiger charge is -2.25. The number of halogens is 3. The lowest BCUT2D eigenvalue weighted by Crippen LogP contribution is -2.43. The Balaban J connectivity index is 2.68. The van der Waals surface area contributed by atoms with Crippen LogP contribution in [-0.4, -0.2) is 29.6 Å². The number of benzene rings is 1. The van der Waals surface area contributed by atoms with Gasteiger partial charge in [0.15, 0.2) is 0 Å². The molecular formula is C13H19F3O3Si. The van der Waals surface area contributed by atoms with Crippen molar-refractivity contribution in [2.24, 2.45) is 0 Å². The fraction of sp³-hybridized carbons (Fsp3) is 0.538. The van der Waals surface area contributed by atoms with Crippen LogP contribution in [-0.2, 0) is 19.7 Å². The third-order valence-electron chi connectivity index (χ3n) is 3.00. The van der Waals surface area contributed by atoms with Crippen LogP contribution in [0.1, 0.15) is 18.9 Å². The first-order valence-corrected chi connectivity index (χ1v) is 8.29. The molecule has 0 aliphatic carbocycles. The molecule has 0 saturated heterocycles. The SMILES string of the molecule is CCO[Si](CCCc1c(F)cc(F)cc1F)(OC)OC. The van der Waals surface area contributed by atoms with Crippen LogP contribution in [0.2, 0.25) is 6.04 Å². The summed E-state index contributed by atoms with van der Waals surface area (Å²) in [6.45, 7) is 2.26. The van der Waals surface area contributed by atoms with Gasteiger partial charge in [-0.25, -0.2) is 13.2 Å². The topological polar surface area (TPSA) is 27.7 Å². The molecule has 0 aromatic heterocycles. The summed E-state index contributed by atoms with van der Waals surface area (Å²) in [6.07, 6.45) is 0.555. The molecule has 0 radical (unpaired) electrons. The first-order valence-electron chi connectivity index (χ1n) is 6.35. The molecule has 0 bridgehead atoms. The molecule has 0 N–H and O–H groups in total. The summed E-state index contributed by atoms with van der Waals surface area (Å²) in [7, 11) is 0.219. The van der Waals surface area contributed by atoms with Gasteiger partial charge in [-0.1, -0.05) is 0 Å². The van der Waals surface area contributed by atoms with Crippen molar-refractivity contribution in [3.8, 4) is 0 Å². The van der Waals surface area contributed by atoms with Gasteiger partial charge in [0.2, 0.25) is 0 Å². The third kappa shape index (κ3) is 4.31. The van der Waals surface area contributed by atoms with Crippen molar-refractivity contribution in [1.29, 1.82) is 0 Å². The first-order chi connectivity index (χ1) is 9.48. The van der Waals surface area contributed by atoms with Gasteiger partial charge in [0, 0.05) is 44.6 Å². The normalized spacial score (nSPS) is 11.9. The van der Waals surface area contributed by atoms with Gasteiger partial charge in [0.25, 0.3) is 0 Å². The molecule has 20 heavy (non-hydrogen) atoms. The zero-order chi connectivity index (χ0) is 15.2. The minimum atomic E-state index is -2.76. The van der Waals surface area contributed by atoms with Crippen LogP contribution >= 0.6 is 0 Å². The Hall–Kier alpha value is -0.893. The maximum Gasteiger partial charge on any atom is 0.500 e. The summed E-state index contributed by atoms with van der Waals surface area (Å²) in [6, 6.07) is 1.79. The van der Waals surface area contributed by atoms with Gasteiger partial charge in [-0.3, -0.25) is 0 Å². The van der Waals surface area contributed by atoms with Crippen LogP contribution in [0.4, 0.5) is 13.2 Å². The summed E-state index contributed by atoms with van der Waals surface area (Å²) >= 11 is 0. The van der Waals surface area contributed by atoms with E-state index < -0.39 is 26.3 Å². The molecule has 0 amide bonds. The maximum absolute atomic E-state index is 13.5. The predicted molar refractivity (Wildman–Crippen MR) is 70.8 cm³/mol. The van der Waals surface area contributed by atoms with E-state index in [1.165, 1.54) is 14.2 Å². The van der Waals surface area contributed by atoms with Crippen molar-refractivity contribution in [2.45, 2.75) is 25.8 Å². The first kappa shape index (κ1) is 17.2. The molecule has 0 spiro atoms. The van der Waals surface area contributed by atoms with Crippen molar-refractivity contribution in [2.75, 3.05) is 20.8 Å². The van der Waals surface area contributed by atoms with Gasteiger partial charge in [0.1, 0.15) is 17.5 Å². The quantitative estimate of drug-likeness (QED) is 0.690. The molecule has 114 valence electrons. The van der Waals surface area contributed by atoms with Crippen LogP contribution in [0.25, 0.3) is 0 Å². The fourth-order valence-electron chi connectivity index (χ4n) is 1.99. The molecule has 7 heteroatoms. The van der Waals surface area contributed by atoms with Gasteiger partial charge < -0.3 is 13.3 Å². The summed E-state index contributed by atoms with van der Waals surface area (Å²) in [5, 5.41) is 0. The standard InChI is InChI=1S/C13H19F3O3Si/c1-4-19-20(17-2,18-3)7-5-6-11-12(15)8-10(14)9-13(11)16/h8-9H,4-7H2,1-3H3. The minimum absolute atomic E-state index is 0.127. The lowest BCUT2D eigenvalue weighted by atomic mass is 10.1. The van der Waals surface area contributed by atoms with E-state index in [0.29, 0.717) is 31.2 Å². The van der Waals surface area contributed by atoms with Crippen LogP contribution < -0.4 is 0 Å². The molecule has 1 aromatic rings. The van der Waals surface area contributed by atoms with Gasteiger partial charge >= 0.3 is 8.80 Å². The van der Waals surface area contributed by atoms with Crippen LogP contribution in [0, 0.1) is 17.5 Å². The van der Waals surface area contributed by atoms with Crippen LogP contribution in [0.3, 0.4) is 0 Å². The van der Waals surface area contributed by atoms with Crippen LogP contribution in [0.5, 0.6) is 0 Å². The predicted octanol–water partition coefficient (Wildman–Crippen LogP) is 3.30. The number of hydrogen-bond acceptors (Lipinski definition) is 3. The van der Waals surface area contributed by atoms with E-state index in [2.05, 4.69) is 0 Å². The highest BCUT2D eigenvalue weighted by molar-refractivity contribution is 6.60. The minimum Gasteiger partial charge on any atom is -0.377 e. The van der Waals surface area contributed by atoms with E-state index in [-0.39, 0.29) is 12.0 Å². The monoisotopic (exact) mass is 308 g/mol. The van der Waals surface area contributed by atoms with Crippen molar-refractivity contribution in [3.05, 3.63) is 35.1 Å². The molecule has 0 aliphatic heterocycles. The highest BCUT2D eigenvalue weighted by Gasteiger charge is 2.37. The summed E-state index contributed by atoms with van der Waals surface area (Å²) in [4.78, 5) is 0. The van der Waals surface area contributed by atoms with Gasteiger partial charge in [-0.15, -0.1) is 0 Å². The zero-order valence-electron chi connectivity index (χ0n) is 11.8. The summed E-state index contributed by atoms with van der Waals surface area (Å²) < 4.78 is 55.8. The zero-order valence-corrected chi connectivity index (χ0v) is 12.8. The van der Waals surface area contributed by atoms with Gasteiger partial charge in [-0.2, -0.15) is 0 Å². The largest absolute Gasteiger partial charge is 0.500 e. The van der Waals surface area contributed by atoms with E-state index in [4.69, 9.17) is 13.3 Å². The molecular weight excluding hydrogens is 289 g/mol. The molecule has 0 saturated carbocycles. The van der Waals surface area contributed by atoms with E-state index in [1.807, 2.05) is 6.92 Å². The Morgan fingerprint density at radius 3 is 2.05 bits per heavy atom. The number of rotatable bonds is 8. The summed E-state index contributed by atoms with van der Waals surface area (Å²) in [5.41, 5.74) is -0.127. The average Bonchev–Trinajstić information content (AvgIpc) is 2.40. The summed E-state index contributed by atoms with van der Waals surface area (Å²) in [5.74, 6) is -2.67. The lowest BCUT2D eigenvalue weighted by molar-refractivity contribution is 0.103. The molecule has 0 fully saturated rings. The van der Waals surface area contributed by atoms with Gasteiger partial charge in [0.05, 0.1) is 0 Å². The average molecular weight is 308 g/mol. The second kappa shape index (κ2) is 7.77. The number of hydrogen-bond donors (Lipinski definition) is 0. The van der Waals surface area contributed by atoms with E-state index in [0.717, 1.165) is 0 Å². The van der Waals surface area contributed by atoms with Crippen LogP contribution in [0.15, 0.2) is 12.1 Å². The van der Waals surface area contributed by atoms with E-state index >= 15 is 0 Å². The Bertz CT molecular complexity index is 416. The Labute approximate surface area is 118 Å². The van der Waals surface area contributed by atoms with Crippen molar-refractivity contribution in [1.82, 2.24) is 0 Å². The molecule has 0 atom stereocenters. The second-order valence-corrected chi connectivity index (χ2v) is 7.20. The van der Waals surface area contributed by atoms with E-state index in [1.54, 1.807) is 0 Å². The molecule has 1 aromatic carbocycles. The fourth-order valence-corrected chi connectivity index (χ4v) is 3.99. The highest BCUT2D eigenvalue weighted by atomic mass is 28.4. The van der Waals surface area contributed by atoms with Crippen molar-refractivity contribution < 1.29 is 26.4 Å². The Kier molecular flexibility index (Phi) is 6.67. The molecule has 0 unspecified atom stereocenters. The third-order valence-corrected chi connectivity index (χ3v) is 5.94. The second-order valence-electron chi connectivity index (χ2n) is 4.23. The smallest absolute Gasteiger partial charge is 0.377 e. The molecule has 3 nitrogen and oxygen atoms in total. The maximum atomic E-state index is 13.5.